The van der Waals surface area contributed by atoms with E-state index in [0.29, 0.717) is 6.54 Å². The number of imidazole rings is 1. The zero-order valence-corrected chi connectivity index (χ0v) is 24.7. The highest BCUT2D eigenvalue weighted by Gasteiger charge is 2.39. The maximum atomic E-state index is 14.0. The topological polar surface area (TPSA) is 39.8 Å². The maximum absolute atomic E-state index is 14.0. The van der Waals surface area contributed by atoms with Crippen molar-refractivity contribution in [1.29, 1.82) is 0 Å². The van der Waals surface area contributed by atoms with Gasteiger partial charge in [0.15, 0.2) is 0 Å². The summed E-state index contributed by atoms with van der Waals surface area (Å²) in [4.78, 5) is 18.9. The fourth-order valence-corrected chi connectivity index (χ4v) is 6.88. The van der Waals surface area contributed by atoms with Crippen molar-refractivity contribution in [2.45, 2.75) is 19.0 Å². The molecule has 0 saturated heterocycles. The molecule has 2 heterocycles. The number of hydrogen-bond donors (Lipinski definition) is 0. The van der Waals surface area contributed by atoms with E-state index in [1.807, 2.05) is 67.1 Å². The van der Waals surface area contributed by atoms with E-state index in [-0.39, 0.29) is 5.56 Å². The number of nitrogens with zero attached hydrogens (tertiary/aromatic N) is 3. The number of fused-ring (bicyclic) bond motifs is 3. The van der Waals surface area contributed by atoms with Gasteiger partial charge >= 0.3 is 0 Å². The monoisotopic (exact) mass is 609 g/mol. The van der Waals surface area contributed by atoms with E-state index < -0.39 is 5.54 Å². The molecule has 0 fully saturated rings. The zero-order chi connectivity index (χ0) is 28.7. The van der Waals surface area contributed by atoms with Crippen LogP contribution in [0, 0.1) is 6.92 Å². The van der Waals surface area contributed by atoms with Crippen LogP contribution >= 0.6 is 15.9 Å². The standard InChI is InChI=1S/C37H28BrN3O/c1-26-34(24-40-22-21-27-23-33(38)31-19-11-12-20-32(31)35(27)36(40)42)39-25-41(26)37(28-13-5-2-6-14-28,29-15-7-3-8-16-29)30-17-9-4-10-18-30/h2-23,25H,24H2,1H3. The van der Waals surface area contributed by atoms with Crippen LogP contribution in [0.4, 0.5) is 0 Å². The van der Waals surface area contributed by atoms with E-state index in [4.69, 9.17) is 4.98 Å². The van der Waals surface area contributed by atoms with Gasteiger partial charge in [-0.25, -0.2) is 4.98 Å². The van der Waals surface area contributed by atoms with Gasteiger partial charge in [-0.1, -0.05) is 131 Å². The van der Waals surface area contributed by atoms with E-state index in [0.717, 1.165) is 54.1 Å². The molecule has 0 aliphatic heterocycles. The predicted octanol–water partition coefficient (Wildman–Crippen LogP) is 8.31. The third-order valence-corrected chi connectivity index (χ3v) is 8.95. The fraction of sp³-hybridized carbons (Fsp3) is 0.0811. The molecule has 0 aliphatic rings. The Bertz CT molecular complexity index is 2000. The summed E-state index contributed by atoms with van der Waals surface area (Å²) in [5.41, 5.74) is 4.57. The van der Waals surface area contributed by atoms with E-state index in [1.165, 1.54) is 0 Å². The number of pyridine rings is 1. The lowest BCUT2D eigenvalue weighted by Gasteiger charge is -2.38. The van der Waals surface area contributed by atoms with Crippen LogP contribution in [-0.4, -0.2) is 14.1 Å². The average molecular weight is 611 g/mol. The van der Waals surface area contributed by atoms with Gasteiger partial charge in [0.2, 0.25) is 0 Å². The predicted molar refractivity (Wildman–Crippen MR) is 174 cm³/mol. The first-order chi connectivity index (χ1) is 20.6. The van der Waals surface area contributed by atoms with Crippen LogP contribution in [0.25, 0.3) is 21.5 Å². The minimum absolute atomic E-state index is 0.0226. The number of halogens is 1. The highest BCUT2D eigenvalue weighted by Crippen LogP contribution is 2.42. The number of rotatable bonds is 6. The molecule has 0 unspecified atom stereocenters. The number of hydrogen-bond acceptors (Lipinski definition) is 2. The van der Waals surface area contributed by atoms with Crippen LogP contribution in [0.5, 0.6) is 0 Å². The molecular weight excluding hydrogens is 582 g/mol. The van der Waals surface area contributed by atoms with Crippen molar-refractivity contribution in [3.63, 3.8) is 0 Å². The van der Waals surface area contributed by atoms with Crippen LogP contribution < -0.4 is 5.56 Å². The molecule has 5 aromatic carbocycles. The molecule has 0 saturated carbocycles. The average Bonchev–Trinajstić information content (AvgIpc) is 3.40. The third kappa shape index (κ3) is 4.12. The number of benzene rings is 5. The Morgan fingerprint density at radius 2 is 1.24 bits per heavy atom. The highest BCUT2D eigenvalue weighted by molar-refractivity contribution is 9.10. The van der Waals surface area contributed by atoms with Crippen molar-refractivity contribution in [2.75, 3.05) is 0 Å². The smallest absolute Gasteiger partial charge is 0.259 e. The van der Waals surface area contributed by atoms with Crippen molar-refractivity contribution < 1.29 is 0 Å². The minimum atomic E-state index is -0.657. The lowest BCUT2D eigenvalue weighted by Crippen LogP contribution is -2.38. The van der Waals surface area contributed by atoms with Crippen molar-refractivity contribution in [3.05, 3.63) is 183 Å². The Balaban J connectivity index is 1.43. The lowest BCUT2D eigenvalue weighted by atomic mass is 9.76. The van der Waals surface area contributed by atoms with Crippen LogP contribution in [0.1, 0.15) is 28.1 Å². The first-order valence-corrected chi connectivity index (χ1v) is 14.8. The molecule has 0 N–H and O–H groups in total. The lowest BCUT2D eigenvalue weighted by molar-refractivity contribution is 0.502. The van der Waals surface area contributed by atoms with Crippen molar-refractivity contribution in [1.82, 2.24) is 14.1 Å². The van der Waals surface area contributed by atoms with Crippen molar-refractivity contribution in [2.24, 2.45) is 0 Å². The first-order valence-electron chi connectivity index (χ1n) is 14.0. The quantitative estimate of drug-likeness (QED) is 0.140. The van der Waals surface area contributed by atoms with Gasteiger partial charge in [0, 0.05) is 16.4 Å². The van der Waals surface area contributed by atoms with Crippen LogP contribution in [0.3, 0.4) is 0 Å². The molecule has 42 heavy (non-hydrogen) atoms. The Labute approximate surface area is 252 Å². The van der Waals surface area contributed by atoms with Crippen LogP contribution in [0.2, 0.25) is 0 Å². The molecule has 5 heteroatoms. The molecule has 0 amide bonds. The second kappa shape index (κ2) is 10.6. The van der Waals surface area contributed by atoms with Gasteiger partial charge in [0.25, 0.3) is 5.56 Å². The Morgan fingerprint density at radius 1 is 0.714 bits per heavy atom. The van der Waals surface area contributed by atoms with Crippen LogP contribution in [0.15, 0.2) is 149 Å². The molecule has 0 atom stereocenters. The summed E-state index contributed by atoms with van der Waals surface area (Å²) < 4.78 is 5.02. The Kier molecular flexibility index (Phi) is 6.60. The summed E-state index contributed by atoms with van der Waals surface area (Å²) in [5, 5.41) is 3.61. The summed E-state index contributed by atoms with van der Waals surface area (Å²) >= 11 is 3.68. The molecule has 204 valence electrons. The largest absolute Gasteiger partial charge is 0.316 e. The van der Waals surface area contributed by atoms with Gasteiger partial charge in [0.1, 0.15) is 5.54 Å². The molecule has 0 radical (unpaired) electrons. The summed E-state index contributed by atoms with van der Waals surface area (Å²) in [6.45, 7) is 2.47. The zero-order valence-electron chi connectivity index (χ0n) is 23.1. The van der Waals surface area contributed by atoms with Crippen molar-refractivity contribution >= 4 is 37.5 Å². The third-order valence-electron chi connectivity index (χ3n) is 8.30. The number of aromatic nitrogens is 3. The highest BCUT2D eigenvalue weighted by atomic mass is 79.9. The second-order valence-electron chi connectivity index (χ2n) is 10.6. The fourth-order valence-electron chi connectivity index (χ4n) is 6.28. The summed E-state index contributed by atoms with van der Waals surface area (Å²) in [6, 6.07) is 43.8. The normalized spacial score (nSPS) is 11.8. The summed E-state index contributed by atoms with van der Waals surface area (Å²) in [6.07, 6.45) is 3.80. The van der Waals surface area contributed by atoms with Crippen molar-refractivity contribution in [3.8, 4) is 0 Å². The Hall–Kier alpha value is -4.74. The molecule has 7 aromatic rings. The molecule has 2 aromatic heterocycles. The van der Waals surface area contributed by atoms with Gasteiger partial charge < -0.3 is 9.13 Å². The van der Waals surface area contributed by atoms with Gasteiger partial charge in [-0.2, -0.15) is 0 Å². The second-order valence-corrected chi connectivity index (χ2v) is 11.4. The molecule has 0 bridgehead atoms. The summed E-state index contributed by atoms with van der Waals surface area (Å²) in [5.74, 6) is 0. The molecule has 0 spiro atoms. The SMILES string of the molecule is Cc1c(Cn2ccc3cc(Br)c4ccccc4c3c2=O)ncn1C(c1ccccc1)(c1ccccc1)c1ccccc1. The van der Waals surface area contributed by atoms with Crippen LogP contribution in [-0.2, 0) is 12.1 Å². The maximum Gasteiger partial charge on any atom is 0.259 e. The van der Waals surface area contributed by atoms with Gasteiger partial charge in [0.05, 0.1) is 24.0 Å². The molecule has 0 aliphatic carbocycles. The van der Waals surface area contributed by atoms with Gasteiger partial charge in [-0.3, -0.25) is 4.79 Å². The van der Waals surface area contributed by atoms with E-state index in [9.17, 15) is 4.79 Å². The first kappa shape index (κ1) is 26.2. The minimum Gasteiger partial charge on any atom is -0.316 e. The van der Waals surface area contributed by atoms with E-state index >= 15 is 0 Å². The molecular formula is C37H28BrN3O. The van der Waals surface area contributed by atoms with Gasteiger partial charge in [-0.15, -0.1) is 0 Å². The summed E-state index contributed by atoms with van der Waals surface area (Å²) in [7, 11) is 0. The molecule has 7 rings (SSSR count). The Morgan fingerprint density at radius 3 is 1.81 bits per heavy atom. The van der Waals surface area contributed by atoms with E-state index in [1.54, 1.807) is 4.57 Å². The van der Waals surface area contributed by atoms with Gasteiger partial charge in [-0.05, 0) is 51.9 Å². The van der Waals surface area contributed by atoms with E-state index in [2.05, 4.69) is 100 Å². The molecule has 4 nitrogen and oxygen atoms in total.